The first-order valence-corrected chi connectivity index (χ1v) is 8.02. The maximum Gasteiger partial charge on any atom is 0.326 e. The molecular formula is C18H13N3O7. The molecule has 2 aromatic carbocycles. The van der Waals surface area contributed by atoms with Crippen molar-refractivity contribution in [3.8, 4) is 0 Å². The van der Waals surface area contributed by atoms with Gasteiger partial charge in [0.2, 0.25) is 0 Å². The molecule has 0 radical (unpaired) electrons. The second-order valence-corrected chi connectivity index (χ2v) is 5.76. The monoisotopic (exact) mass is 383 g/mol. The minimum atomic E-state index is -0.941. The number of esters is 1. The molecule has 0 unspecified atom stereocenters. The lowest BCUT2D eigenvalue weighted by molar-refractivity contribution is -0.384. The summed E-state index contributed by atoms with van der Waals surface area (Å²) in [4.78, 5) is 58.9. The molecule has 1 heterocycles. The maximum atomic E-state index is 12.2. The van der Waals surface area contributed by atoms with E-state index in [1.54, 1.807) is 12.1 Å². The Morgan fingerprint density at radius 1 is 1.04 bits per heavy atom. The van der Waals surface area contributed by atoms with Gasteiger partial charge in [-0.3, -0.25) is 34.2 Å². The Kier molecular flexibility index (Phi) is 5.12. The first kappa shape index (κ1) is 18.7. The summed E-state index contributed by atoms with van der Waals surface area (Å²) < 4.78 is 4.78. The van der Waals surface area contributed by atoms with Gasteiger partial charge in [-0.05, 0) is 18.2 Å². The van der Waals surface area contributed by atoms with Gasteiger partial charge in [0.15, 0.2) is 6.61 Å². The summed E-state index contributed by atoms with van der Waals surface area (Å²) in [6, 6.07) is 11.4. The quantitative estimate of drug-likeness (QED) is 0.344. The molecule has 10 nitrogen and oxygen atoms in total. The minimum absolute atomic E-state index is 0.163. The van der Waals surface area contributed by atoms with Crippen LogP contribution in [0.1, 0.15) is 20.7 Å². The van der Waals surface area contributed by atoms with Crippen molar-refractivity contribution in [3.05, 3.63) is 69.8 Å². The third kappa shape index (κ3) is 3.85. The highest BCUT2D eigenvalue weighted by molar-refractivity contribution is 6.22. The number of anilines is 1. The Balaban J connectivity index is 1.53. The molecule has 1 aliphatic rings. The van der Waals surface area contributed by atoms with Crippen molar-refractivity contribution in [3.63, 3.8) is 0 Å². The second-order valence-electron chi connectivity index (χ2n) is 5.76. The summed E-state index contributed by atoms with van der Waals surface area (Å²) in [5.74, 6) is -2.89. The standard InChI is InChI=1S/C18H13N3O7/c22-15(19-11-4-3-5-12(8-11)21(26)27)10-28-16(23)9-20-17(24)13-6-1-2-7-14(13)18(20)25/h1-8H,9-10H2,(H,19,22). The van der Waals surface area contributed by atoms with E-state index in [-0.39, 0.29) is 22.5 Å². The Labute approximate surface area is 157 Å². The first-order chi connectivity index (χ1) is 13.4. The number of benzene rings is 2. The summed E-state index contributed by atoms with van der Waals surface area (Å²) in [5, 5.41) is 13.1. The van der Waals surface area contributed by atoms with Gasteiger partial charge in [-0.1, -0.05) is 18.2 Å². The van der Waals surface area contributed by atoms with Gasteiger partial charge < -0.3 is 10.1 Å². The molecule has 2 aromatic rings. The van der Waals surface area contributed by atoms with Gasteiger partial charge in [0, 0.05) is 17.8 Å². The van der Waals surface area contributed by atoms with E-state index in [1.807, 2.05) is 0 Å². The van der Waals surface area contributed by atoms with E-state index in [9.17, 15) is 29.3 Å². The van der Waals surface area contributed by atoms with Crippen molar-refractivity contribution >= 4 is 35.1 Å². The van der Waals surface area contributed by atoms with Crippen molar-refractivity contribution in [2.45, 2.75) is 0 Å². The van der Waals surface area contributed by atoms with Crippen LogP contribution in [0.3, 0.4) is 0 Å². The third-order valence-electron chi connectivity index (χ3n) is 3.87. The molecule has 3 amide bonds. The van der Waals surface area contributed by atoms with Crippen LogP contribution in [0.4, 0.5) is 11.4 Å². The fourth-order valence-electron chi connectivity index (χ4n) is 2.60. The lowest BCUT2D eigenvalue weighted by Gasteiger charge is -2.13. The number of fused-ring (bicyclic) bond motifs is 1. The van der Waals surface area contributed by atoms with E-state index in [1.165, 1.54) is 30.3 Å². The fraction of sp³-hybridized carbons (Fsp3) is 0.111. The van der Waals surface area contributed by atoms with Crippen molar-refractivity contribution in [2.75, 3.05) is 18.5 Å². The molecule has 0 spiro atoms. The van der Waals surface area contributed by atoms with Crippen LogP contribution in [0.5, 0.6) is 0 Å². The molecule has 3 rings (SSSR count). The zero-order valence-corrected chi connectivity index (χ0v) is 14.3. The lowest BCUT2D eigenvalue weighted by atomic mass is 10.1. The molecule has 0 saturated carbocycles. The summed E-state index contributed by atoms with van der Waals surface area (Å²) in [5.41, 5.74) is 0.350. The normalized spacial score (nSPS) is 12.5. The topological polar surface area (TPSA) is 136 Å². The smallest absolute Gasteiger partial charge is 0.326 e. The number of imide groups is 1. The number of carbonyl (C=O) groups is 4. The molecule has 0 aliphatic carbocycles. The Bertz CT molecular complexity index is 967. The Hall–Kier alpha value is -4.08. The predicted octanol–water partition coefficient (Wildman–Crippen LogP) is 1.37. The first-order valence-electron chi connectivity index (χ1n) is 8.02. The van der Waals surface area contributed by atoms with Gasteiger partial charge in [0.1, 0.15) is 6.54 Å². The van der Waals surface area contributed by atoms with Crippen LogP contribution in [0.2, 0.25) is 0 Å². The van der Waals surface area contributed by atoms with Gasteiger partial charge in [0.25, 0.3) is 23.4 Å². The minimum Gasteiger partial charge on any atom is -0.454 e. The average Bonchev–Trinajstić information content (AvgIpc) is 2.92. The number of hydrogen-bond donors (Lipinski definition) is 1. The number of hydrogen-bond acceptors (Lipinski definition) is 7. The van der Waals surface area contributed by atoms with Crippen molar-refractivity contribution < 1.29 is 28.8 Å². The van der Waals surface area contributed by atoms with Crippen LogP contribution in [-0.2, 0) is 14.3 Å². The number of non-ortho nitro benzene ring substituents is 1. The van der Waals surface area contributed by atoms with Gasteiger partial charge in [-0.15, -0.1) is 0 Å². The number of ether oxygens (including phenoxy) is 1. The zero-order valence-electron chi connectivity index (χ0n) is 14.3. The van der Waals surface area contributed by atoms with Crippen molar-refractivity contribution in [2.24, 2.45) is 0 Å². The summed E-state index contributed by atoms with van der Waals surface area (Å²) >= 11 is 0. The molecule has 10 heteroatoms. The van der Waals surface area contributed by atoms with E-state index in [0.717, 1.165) is 11.0 Å². The van der Waals surface area contributed by atoms with Crippen LogP contribution in [-0.4, -0.2) is 46.7 Å². The number of carbonyl (C=O) groups excluding carboxylic acids is 4. The summed E-state index contributed by atoms with van der Waals surface area (Å²) in [6.07, 6.45) is 0. The molecule has 1 N–H and O–H groups in total. The van der Waals surface area contributed by atoms with E-state index in [0.29, 0.717) is 0 Å². The summed E-state index contributed by atoms with van der Waals surface area (Å²) in [6.45, 7) is -1.30. The van der Waals surface area contributed by atoms with Crippen LogP contribution in [0.25, 0.3) is 0 Å². The Morgan fingerprint density at radius 3 is 2.29 bits per heavy atom. The van der Waals surface area contributed by atoms with E-state index in [2.05, 4.69) is 5.32 Å². The number of nitro benzene ring substituents is 1. The fourth-order valence-corrected chi connectivity index (χ4v) is 2.60. The van der Waals surface area contributed by atoms with E-state index in [4.69, 9.17) is 4.74 Å². The number of rotatable bonds is 6. The lowest BCUT2D eigenvalue weighted by Crippen LogP contribution is -2.36. The van der Waals surface area contributed by atoms with Gasteiger partial charge >= 0.3 is 5.97 Å². The molecule has 142 valence electrons. The number of nitrogens with one attached hydrogen (secondary N) is 1. The van der Waals surface area contributed by atoms with E-state index < -0.39 is 41.8 Å². The zero-order chi connectivity index (χ0) is 20.3. The second kappa shape index (κ2) is 7.66. The van der Waals surface area contributed by atoms with E-state index >= 15 is 0 Å². The molecule has 0 saturated heterocycles. The predicted molar refractivity (Wildman–Crippen MR) is 94.5 cm³/mol. The SMILES string of the molecule is O=C(COC(=O)CN1C(=O)c2ccccc2C1=O)Nc1cccc([N+](=O)[O-])c1. The van der Waals surface area contributed by atoms with Crippen LogP contribution in [0.15, 0.2) is 48.5 Å². The summed E-state index contributed by atoms with van der Waals surface area (Å²) in [7, 11) is 0. The highest BCUT2D eigenvalue weighted by atomic mass is 16.6. The molecule has 0 bridgehead atoms. The van der Waals surface area contributed by atoms with Crippen LogP contribution >= 0.6 is 0 Å². The Morgan fingerprint density at radius 2 is 1.68 bits per heavy atom. The van der Waals surface area contributed by atoms with Gasteiger partial charge in [-0.2, -0.15) is 0 Å². The molecule has 0 fully saturated rings. The largest absolute Gasteiger partial charge is 0.454 e. The van der Waals surface area contributed by atoms with Gasteiger partial charge in [0.05, 0.1) is 16.1 Å². The van der Waals surface area contributed by atoms with Crippen molar-refractivity contribution in [1.29, 1.82) is 0 Å². The third-order valence-corrected chi connectivity index (χ3v) is 3.87. The van der Waals surface area contributed by atoms with Crippen molar-refractivity contribution in [1.82, 2.24) is 4.90 Å². The van der Waals surface area contributed by atoms with Crippen LogP contribution in [0, 0.1) is 10.1 Å². The molecular weight excluding hydrogens is 370 g/mol. The van der Waals surface area contributed by atoms with Gasteiger partial charge in [-0.25, -0.2) is 0 Å². The molecule has 1 aliphatic heterocycles. The number of amides is 3. The maximum absolute atomic E-state index is 12.2. The molecule has 0 aromatic heterocycles. The number of nitro groups is 1. The molecule has 0 atom stereocenters. The molecule has 28 heavy (non-hydrogen) atoms. The number of nitrogens with zero attached hydrogens (tertiary/aromatic N) is 2. The average molecular weight is 383 g/mol. The van der Waals surface area contributed by atoms with Crippen LogP contribution < -0.4 is 5.32 Å². The highest BCUT2D eigenvalue weighted by Crippen LogP contribution is 2.22. The highest BCUT2D eigenvalue weighted by Gasteiger charge is 2.36.